The van der Waals surface area contributed by atoms with Crippen LogP contribution in [-0.2, 0) is 17.7 Å². The number of fused-ring (bicyclic) bond motifs is 3. The summed E-state index contributed by atoms with van der Waals surface area (Å²) in [5.41, 5.74) is 4.31. The Bertz CT molecular complexity index is 1370. The molecule has 0 N–H and O–H groups in total. The van der Waals surface area contributed by atoms with Crippen LogP contribution >= 0.6 is 15.9 Å². The average molecular weight is 568 g/mol. The van der Waals surface area contributed by atoms with Gasteiger partial charge in [0.2, 0.25) is 12.5 Å². The van der Waals surface area contributed by atoms with Gasteiger partial charge in [-0.25, -0.2) is 4.79 Å². The molecule has 0 amide bonds. The Morgan fingerprint density at radius 2 is 1.78 bits per heavy atom. The standard InChI is InChI=1S/C28H26BrNO7/c1-32-19-9-8-18-22(25(19)33-2)28(31)37-24(18)23-21-16(12-20-26(27(21)34-3)36-14-35-20)10-11-30(23)13-15-4-6-17(29)7-5-15/h4-9,12,23-24H,10-11,13-14H2,1-3H3/t23-,24+/m1/s1. The molecule has 3 heterocycles. The van der Waals surface area contributed by atoms with Gasteiger partial charge in [-0.05, 0) is 41.8 Å². The monoisotopic (exact) mass is 567 g/mol. The molecule has 6 rings (SSSR count). The summed E-state index contributed by atoms with van der Waals surface area (Å²) in [6.45, 7) is 1.55. The SMILES string of the molecule is COc1ccc2c(c1OC)C(=O)O[C@@H]2[C@H]1c2c(cc3c(c2OC)OCO3)CCN1Cc1ccc(Br)cc1. The third-order valence-corrected chi connectivity index (χ3v) is 7.74. The number of nitrogens with zero attached hydrogens (tertiary/aromatic N) is 1. The van der Waals surface area contributed by atoms with Crippen molar-refractivity contribution < 1.29 is 33.2 Å². The lowest BCUT2D eigenvalue weighted by atomic mass is 9.84. The molecule has 0 aliphatic carbocycles. The maximum absolute atomic E-state index is 13.3. The van der Waals surface area contributed by atoms with Crippen molar-refractivity contribution in [1.29, 1.82) is 0 Å². The molecule has 0 bridgehead atoms. The minimum absolute atomic E-state index is 0.139. The molecule has 0 aromatic heterocycles. The van der Waals surface area contributed by atoms with Gasteiger partial charge in [-0.15, -0.1) is 0 Å². The van der Waals surface area contributed by atoms with Crippen LogP contribution in [0.15, 0.2) is 46.9 Å². The van der Waals surface area contributed by atoms with Crippen molar-refractivity contribution in [2.24, 2.45) is 0 Å². The van der Waals surface area contributed by atoms with Crippen LogP contribution in [0.4, 0.5) is 0 Å². The summed E-state index contributed by atoms with van der Waals surface area (Å²) < 4.78 is 35.6. The predicted octanol–water partition coefficient (Wildman–Crippen LogP) is 5.21. The predicted molar refractivity (Wildman–Crippen MR) is 138 cm³/mol. The summed E-state index contributed by atoms with van der Waals surface area (Å²) in [7, 11) is 4.70. The number of benzene rings is 3. The van der Waals surface area contributed by atoms with Crippen LogP contribution in [0.25, 0.3) is 0 Å². The van der Waals surface area contributed by atoms with E-state index in [1.807, 2.05) is 30.3 Å². The number of rotatable bonds is 6. The van der Waals surface area contributed by atoms with Crippen molar-refractivity contribution in [2.75, 3.05) is 34.7 Å². The Labute approximate surface area is 223 Å². The van der Waals surface area contributed by atoms with Gasteiger partial charge in [0.25, 0.3) is 0 Å². The van der Waals surface area contributed by atoms with Crippen LogP contribution in [0.5, 0.6) is 28.7 Å². The van der Waals surface area contributed by atoms with E-state index in [1.165, 1.54) is 7.11 Å². The first-order chi connectivity index (χ1) is 18.0. The van der Waals surface area contributed by atoms with Crippen LogP contribution in [-0.4, -0.2) is 45.5 Å². The quantitative estimate of drug-likeness (QED) is 0.375. The Morgan fingerprint density at radius 1 is 1.00 bits per heavy atom. The summed E-state index contributed by atoms with van der Waals surface area (Å²) in [4.78, 5) is 15.6. The molecule has 3 aliphatic rings. The Balaban J connectivity index is 1.52. The van der Waals surface area contributed by atoms with Crippen molar-refractivity contribution in [2.45, 2.75) is 25.1 Å². The van der Waals surface area contributed by atoms with Crippen LogP contribution in [0.3, 0.4) is 0 Å². The number of hydrogen-bond acceptors (Lipinski definition) is 8. The normalized spacial score (nSPS) is 19.7. The molecule has 3 aromatic carbocycles. The maximum atomic E-state index is 13.3. The molecular formula is C28H26BrNO7. The highest BCUT2D eigenvalue weighted by molar-refractivity contribution is 9.10. The summed E-state index contributed by atoms with van der Waals surface area (Å²) in [6.07, 6.45) is 0.195. The highest BCUT2D eigenvalue weighted by atomic mass is 79.9. The van der Waals surface area contributed by atoms with Gasteiger partial charge >= 0.3 is 5.97 Å². The van der Waals surface area contributed by atoms with Gasteiger partial charge in [0.15, 0.2) is 23.0 Å². The van der Waals surface area contributed by atoms with E-state index in [1.54, 1.807) is 14.2 Å². The number of carbonyl (C=O) groups excluding carboxylic acids is 1. The molecule has 0 saturated heterocycles. The molecule has 37 heavy (non-hydrogen) atoms. The van der Waals surface area contributed by atoms with Gasteiger partial charge in [-0.2, -0.15) is 0 Å². The van der Waals surface area contributed by atoms with Gasteiger partial charge in [0, 0.05) is 28.7 Å². The maximum Gasteiger partial charge on any atom is 0.343 e. The van der Waals surface area contributed by atoms with Crippen LogP contribution in [0, 0.1) is 0 Å². The smallest absolute Gasteiger partial charge is 0.343 e. The largest absolute Gasteiger partial charge is 0.493 e. The number of methoxy groups -OCH3 is 3. The van der Waals surface area contributed by atoms with E-state index in [4.69, 9.17) is 28.4 Å². The minimum Gasteiger partial charge on any atom is -0.493 e. The van der Waals surface area contributed by atoms with Gasteiger partial charge in [-0.1, -0.05) is 34.1 Å². The fourth-order valence-corrected chi connectivity index (χ4v) is 5.87. The van der Waals surface area contributed by atoms with E-state index >= 15 is 0 Å². The minimum atomic E-state index is -0.592. The zero-order chi connectivity index (χ0) is 25.7. The summed E-state index contributed by atoms with van der Waals surface area (Å²) >= 11 is 3.52. The van der Waals surface area contributed by atoms with Crippen LogP contribution in [0.1, 0.15) is 44.8 Å². The van der Waals surface area contributed by atoms with Crippen molar-refractivity contribution in [1.82, 2.24) is 4.90 Å². The molecule has 3 aromatic rings. The number of esters is 1. The number of halogens is 1. The van der Waals surface area contributed by atoms with Crippen molar-refractivity contribution in [3.05, 3.63) is 74.8 Å². The Morgan fingerprint density at radius 3 is 2.51 bits per heavy atom. The lowest BCUT2D eigenvalue weighted by molar-refractivity contribution is 0.000526. The highest BCUT2D eigenvalue weighted by Gasteiger charge is 2.47. The molecule has 0 spiro atoms. The first kappa shape index (κ1) is 23.9. The van der Waals surface area contributed by atoms with E-state index in [2.05, 4.69) is 33.0 Å². The van der Waals surface area contributed by atoms with Crippen molar-refractivity contribution >= 4 is 21.9 Å². The highest BCUT2D eigenvalue weighted by Crippen LogP contribution is 2.55. The molecule has 3 aliphatic heterocycles. The van der Waals surface area contributed by atoms with Gasteiger partial charge in [0.05, 0.1) is 27.4 Å². The topological polar surface area (TPSA) is 75.7 Å². The first-order valence-electron chi connectivity index (χ1n) is 12.0. The second-order valence-corrected chi connectivity index (χ2v) is 10.0. The average Bonchev–Trinajstić information content (AvgIpc) is 3.52. The van der Waals surface area contributed by atoms with E-state index in [0.717, 1.165) is 39.7 Å². The number of hydrogen-bond donors (Lipinski definition) is 0. The molecule has 192 valence electrons. The second kappa shape index (κ2) is 9.46. The zero-order valence-electron chi connectivity index (χ0n) is 20.7. The lowest BCUT2D eigenvalue weighted by Gasteiger charge is -2.40. The number of carbonyl (C=O) groups is 1. The second-order valence-electron chi connectivity index (χ2n) is 9.10. The zero-order valence-corrected chi connectivity index (χ0v) is 22.3. The molecule has 0 fully saturated rings. The molecule has 0 radical (unpaired) electrons. The third-order valence-electron chi connectivity index (χ3n) is 7.21. The lowest BCUT2D eigenvalue weighted by Crippen LogP contribution is -2.38. The van der Waals surface area contributed by atoms with Crippen molar-refractivity contribution in [3.8, 4) is 28.7 Å². The van der Waals surface area contributed by atoms with Crippen LogP contribution < -0.4 is 23.7 Å². The molecular weight excluding hydrogens is 542 g/mol. The van der Waals surface area contributed by atoms with E-state index < -0.39 is 12.1 Å². The fourth-order valence-electron chi connectivity index (χ4n) is 5.60. The molecule has 0 saturated carbocycles. The summed E-state index contributed by atoms with van der Waals surface area (Å²) in [5, 5.41) is 0. The summed E-state index contributed by atoms with van der Waals surface area (Å²) in [6, 6.07) is 13.6. The van der Waals surface area contributed by atoms with Crippen LogP contribution in [0.2, 0.25) is 0 Å². The third kappa shape index (κ3) is 3.88. The first-order valence-corrected chi connectivity index (χ1v) is 12.8. The van der Waals surface area contributed by atoms with Gasteiger partial charge in [-0.3, -0.25) is 4.90 Å². The molecule has 9 heteroatoms. The fraction of sp³-hybridized carbons (Fsp3) is 0.321. The van der Waals surface area contributed by atoms with E-state index in [0.29, 0.717) is 40.9 Å². The number of cyclic esters (lactones) is 1. The Hall–Kier alpha value is -3.43. The Kier molecular flexibility index (Phi) is 6.12. The molecule has 2 atom stereocenters. The van der Waals surface area contributed by atoms with Crippen molar-refractivity contribution in [3.63, 3.8) is 0 Å². The summed E-state index contributed by atoms with van der Waals surface area (Å²) in [5.74, 6) is 2.28. The number of ether oxygens (including phenoxy) is 6. The van der Waals surface area contributed by atoms with E-state index in [9.17, 15) is 4.79 Å². The van der Waals surface area contributed by atoms with Gasteiger partial charge < -0.3 is 28.4 Å². The van der Waals surface area contributed by atoms with Gasteiger partial charge in [0.1, 0.15) is 11.7 Å². The molecule has 0 unspecified atom stereocenters. The molecule has 8 nitrogen and oxygen atoms in total. The van der Waals surface area contributed by atoms with E-state index in [-0.39, 0.29) is 12.8 Å².